The molecule has 37 heavy (non-hydrogen) atoms. The third-order valence-corrected chi connectivity index (χ3v) is 9.01. The van der Waals surface area contributed by atoms with Crippen LogP contribution in [-0.2, 0) is 10.0 Å². The van der Waals surface area contributed by atoms with Gasteiger partial charge in [0.25, 0.3) is 0 Å². The summed E-state index contributed by atoms with van der Waals surface area (Å²) in [6, 6.07) is 22.9. The van der Waals surface area contributed by atoms with E-state index < -0.39 is 10.0 Å². The van der Waals surface area contributed by atoms with Gasteiger partial charge >= 0.3 is 0 Å². The molecule has 5 aromatic rings. The Labute approximate surface area is 216 Å². The average Bonchev–Trinajstić information content (AvgIpc) is 3.34. The van der Waals surface area contributed by atoms with Crippen molar-refractivity contribution in [3.05, 3.63) is 83.9 Å². The smallest absolute Gasteiger partial charge is 0.243 e. The van der Waals surface area contributed by atoms with Gasteiger partial charge in [0.15, 0.2) is 11.5 Å². The highest BCUT2D eigenvalue weighted by Gasteiger charge is 2.35. The Kier molecular flexibility index (Phi) is 5.69. The van der Waals surface area contributed by atoms with Gasteiger partial charge in [-0.2, -0.15) is 4.31 Å². The molecule has 1 fully saturated rings. The van der Waals surface area contributed by atoms with Crippen molar-refractivity contribution in [1.29, 1.82) is 0 Å². The first-order valence-corrected chi connectivity index (χ1v) is 13.8. The number of rotatable bonds is 4. The fourth-order valence-electron chi connectivity index (χ4n) is 5.07. The van der Waals surface area contributed by atoms with Gasteiger partial charge in [0.05, 0.1) is 10.4 Å². The van der Waals surface area contributed by atoms with Crippen LogP contribution in [-0.4, -0.2) is 58.0 Å². The van der Waals surface area contributed by atoms with Gasteiger partial charge in [-0.25, -0.2) is 17.8 Å². The quantitative estimate of drug-likeness (QED) is 0.354. The van der Waals surface area contributed by atoms with Crippen molar-refractivity contribution in [2.24, 2.45) is 0 Å². The number of aryl methyl sites for hydroxylation is 2. The van der Waals surface area contributed by atoms with Crippen molar-refractivity contribution >= 4 is 32.5 Å². The van der Waals surface area contributed by atoms with Crippen LogP contribution in [0.2, 0.25) is 0 Å². The summed E-state index contributed by atoms with van der Waals surface area (Å²) in [6.07, 6.45) is 0. The molecular formula is C28H28N6O2S. The van der Waals surface area contributed by atoms with Gasteiger partial charge in [0, 0.05) is 36.6 Å². The number of nitrogens with zero attached hydrogens (tertiary/aromatic N) is 6. The summed E-state index contributed by atoms with van der Waals surface area (Å²) in [5, 5.41) is 10.1. The molecule has 0 aliphatic carbocycles. The fraction of sp³-hybridized carbons (Fsp3) is 0.250. The predicted molar refractivity (Wildman–Crippen MR) is 145 cm³/mol. The minimum atomic E-state index is -3.60. The Morgan fingerprint density at radius 1 is 0.865 bits per heavy atom. The number of hydrogen-bond acceptors (Lipinski definition) is 6. The zero-order valence-electron chi connectivity index (χ0n) is 21.0. The number of hydrogen-bond donors (Lipinski definition) is 0. The molecule has 0 spiro atoms. The number of benzene rings is 3. The summed E-state index contributed by atoms with van der Waals surface area (Å²) in [6.45, 7) is 7.30. The lowest BCUT2D eigenvalue weighted by atomic mass is 10.1. The van der Waals surface area contributed by atoms with Crippen LogP contribution >= 0.6 is 0 Å². The van der Waals surface area contributed by atoms with E-state index in [1.165, 1.54) is 0 Å². The van der Waals surface area contributed by atoms with Crippen LogP contribution in [0.1, 0.15) is 18.1 Å². The number of sulfonamides is 1. The molecule has 0 radical (unpaired) electrons. The van der Waals surface area contributed by atoms with Crippen molar-refractivity contribution in [2.75, 3.05) is 24.5 Å². The Hall–Kier alpha value is -3.82. The van der Waals surface area contributed by atoms with E-state index in [1.54, 1.807) is 16.4 Å². The zero-order valence-corrected chi connectivity index (χ0v) is 21.9. The Bertz CT molecular complexity index is 1730. The van der Waals surface area contributed by atoms with Crippen molar-refractivity contribution < 1.29 is 8.42 Å². The van der Waals surface area contributed by atoms with Crippen LogP contribution in [0.5, 0.6) is 0 Å². The molecule has 8 nitrogen and oxygen atoms in total. The molecule has 2 aromatic heterocycles. The Balaban J connectivity index is 1.43. The van der Waals surface area contributed by atoms with E-state index in [1.807, 2.05) is 66.8 Å². The summed E-state index contributed by atoms with van der Waals surface area (Å²) < 4.78 is 30.5. The Morgan fingerprint density at radius 2 is 1.65 bits per heavy atom. The lowest BCUT2D eigenvalue weighted by Gasteiger charge is -2.39. The summed E-state index contributed by atoms with van der Waals surface area (Å²) in [7, 11) is -3.60. The maximum Gasteiger partial charge on any atom is 0.243 e. The number of fused-ring (bicyclic) bond motifs is 3. The summed E-state index contributed by atoms with van der Waals surface area (Å²) in [5.74, 6) is 1.43. The lowest BCUT2D eigenvalue weighted by molar-refractivity contribution is 0.304. The SMILES string of the molecule is Cc1ccc(S(=O)(=O)N2CCN(c3nc4ccccc4c4nnc(-c5cccc(C)c5)n34)CC2C)cc1. The van der Waals surface area contributed by atoms with Crippen LogP contribution in [0.15, 0.2) is 77.7 Å². The average molecular weight is 513 g/mol. The monoisotopic (exact) mass is 512 g/mol. The molecular weight excluding hydrogens is 484 g/mol. The molecule has 188 valence electrons. The van der Waals surface area contributed by atoms with Crippen LogP contribution in [0.3, 0.4) is 0 Å². The second kappa shape index (κ2) is 8.93. The van der Waals surface area contributed by atoms with Gasteiger partial charge < -0.3 is 4.90 Å². The number of para-hydroxylation sites is 1. The molecule has 3 heterocycles. The normalized spacial score (nSPS) is 17.1. The zero-order chi connectivity index (χ0) is 25.7. The third-order valence-electron chi connectivity index (χ3n) is 6.98. The highest BCUT2D eigenvalue weighted by atomic mass is 32.2. The van der Waals surface area contributed by atoms with Crippen molar-refractivity contribution in [2.45, 2.75) is 31.7 Å². The maximum atomic E-state index is 13.4. The summed E-state index contributed by atoms with van der Waals surface area (Å²) in [5.41, 5.74) is 4.68. The molecule has 1 unspecified atom stereocenters. The number of anilines is 1. The van der Waals surface area contributed by atoms with Gasteiger partial charge in [0.1, 0.15) is 0 Å². The molecule has 0 N–H and O–H groups in total. The van der Waals surface area contributed by atoms with Gasteiger partial charge in [-0.1, -0.05) is 53.6 Å². The van der Waals surface area contributed by atoms with Crippen LogP contribution < -0.4 is 4.90 Å². The molecule has 1 saturated heterocycles. The molecule has 1 aliphatic heterocycles. The van der Waals surface area contributed by atoms with Crippen LogP contribution in [0, 0.1) is 13.8 Å². The lowest BCUT2D eigenvalue weighted by Crippen LogP contribution is -2.54. The maximum absolute atomic E-state index is 13.4. The van der Waals surface area contributed by atoms with Gasteiger partial charge in [-0.3, -0.25) is 0 Å². The van der Waals surface area contributed by atoms with Crippen LogP contribution in [0.25, 0.3) is 27.9 Å². The van der Waals surface area contributed by atoms with E-state index >= 15 is 0 Å². The highest BCUT2D eigenvalue weighted by molar-refractivity contribution is 7.89. The van der Waals surface area contributed by atoms with Crippen LogP contribution in [0.4, 0.5) is 5.95 Å². The molecule has 0 amide bonds. The van der Waals surface area contributed by atoms with Crippen molar-refractivity contribution in [1.82, 2.24) is 23.9 Å². The molecule has 9 heteroatoms. The fourth-order valence-corrected chi connectivity index (χ4v) is 6.69. The standard InChI is InChI=1S/C28H28N6O2S/c1-19-11-13-23(14-12-19)37(35,36)33-16-15-32(18-21(33)3)28-29-25-10-5-4-9-24(25)27-31-30-26(34(27)28)22-8-6-7-20(2)17-22/h4-14,17,21H,15-16,18H2,1-3H3. The van der Waals surface area contributed by atoms with E-state index in [4.69, 9.17) is 4.98 Å². The summed E-state index contributed by atoms with van der Waals surface area (Å²) in [4.78, 5) is 7.51. The third kappa shape index (κ3) is 4.04. The molecule has 1 atom stereocenters. The molecule has 1 aliphatic rings. The first kappa shape index (κ1) is 23.6. The first-order chi connectivity index (χ1) is 17.8. The first-order valence-electron chi connectivity index (χ1n) is 12.4. The van der Waals surface area contributed by atoms with Gasteiger partial charge in [-0.15, -0.1) is 10.2 Å². The predicted octanol–water partition coefficient (Wildman–Crippen LogP) is 4.46. The van der Waals surface area contributed by atoms with Gasteiger partial charge in [-0.05, 0) is 51.1 Å². The van der Waals surface area contributed by atoms with E-state index in [0.29, 0.717) is 30.4 Å². The minimum absolute atomic E-state index is 0.248. The van der Waals surface area contributed by atoms with Crippen molar-refractivity contribution in [3.63, 3.8) is 0 Å². The van der Waals surface area contributed by atoms with E-state index in [9.17, 15) is 8.42 Å². The minimum Gasteiger partial charge on any atom is -0.339 e. The topological polar surface area (TPSA) is 83.7 Å². The summed E-state index contributed by atoms with van der Waals surface area (Å²) >= 11 is 0. The number of aromatic nitrogens is 4. The van der Waals surface area contributed by atoms with Gasteiger partial charge in [0.2, 0.25) is 16.0 Å². The van der Waals surface area contributed by atoms with Crippen molar-refractivity contribution in [3.8, 4) is 11.4 Å². The van der Waals surface area contributed by atoms with E-state index in [-0.39, 0.29) is 6.04 Å². The molecule has 6 rings (SSSR count). The Morgan fingerprint density at radius 3 is 2.41 bits per heavy atom. The largest absolute Gasteiger partial charge is 0.339 e. The highest BCUT2D eigenvalue weighted by Crippen LogP contribution is 2.31. The van der Waals surface area contributed by atoms with E-state index in [2.05, 4.69) is 34.2 Å². The second-order valence-corrected chi connectivity index (χ2v) is 11.6. The number of piperazine rings is 1. The second-order valence-electron chi connectivity index (χ2n) is 9.70. The molecule has 0 saturated carbocycles. The molecule has 3 aromatic carbocycles. The van der Waals surface area contributed by atoms with E-state index in [0.717, 1.165) is 39.2 Å². The molecule has 0 bridgehead atoms.